The molecule has 0 aliphatic carbocycles. The molecule has 2 aromatic carbocycles. The fraction of sp³-hybridized carbons (Fsp3) is 0.0500. The summed E-state index contributed by atoms with van der Waals surface area (Å²) in [5.74, 6) is -0.790. The highest BCUT2D eigenvalue weighted by atomic mass is 35.5. The average molecular weight is 398 g/mol. The average Bonchev–Trinajstić information content (AvgIpc) is 3.09. The molecule has 0 saturated carbocycles. The smallest absolute Gasteiger partial charge is 0.260 e. The Kier molecular flexibility index (Phi) is 4.83. The summed E-state index contributed by atoms with van der Waals surface area (Å²) in [6.45, 7) is 0.275. The fourth-order valence-electron chi connectivity index (χ4n) is 2.68. The van der Waals surface area contributed by atoms with Crippen LogP contribution >= 0.6 is 22.9 Å². The van der Waals surface area contributed by atoms with Gasteiger partial charge >= 0.3 is 0 Å². The van der Waals surface area contributed by atoms with Gasteiger partial charge in [-0.15, -0.1) is 0 Å². The minimum Gasteiger partial charge on any atom is -0.279 e. The zero-order valence-electron chi connectivity index (χ0n) is 14.0. The Labute approximate surface area is 163 Å². The Morgan fingerprint density at radius 2 is 2.04 bits per heavy atom. The summed E-state index contributed by atoms with van der Waals surface area (Å²) >= 11 is 7.42. The number of pyridine rings is 1. The van der Waals surface area contributed by atoms with Crippen LogP contribution in [0.3, 0.4) is 0 Å². The van der Waals surface area contributed by atoms with Gasteiger partial charge in [-0.05, 0) is 48.0 Å². The standard InChI is InChI=1S/C20H13ClFN3OS/c21-15-6-7-17-18(10-15)27-20(24-17)25(12-13-3-2-8-23-11-13)19(26)14-4-1-5-16(22)9-14/h1-11H,12H2. The van der Waals surface area contributed by atoms with Gasteiger partial charge in [-0.2, -0.15) is 0 Å². The van der Waals surface area contributed by atoms with Gasteiger partial charge < -0.3 is 0 Å². The lowest BCUT2D eigenvalue weighted by Gasteiger charge is -2.20. The molecule has 0 N–H and O–H groups in total. The van der Waals surface area contributed by atoms with Gasteiger partial charge in [-0.3, -0.25) is 14.7 Å². The third kappa shape index (κ3) is 3.82. The molecule has 2 aromatic heterocycles. The number of carbonyl (C=O) groups is 1. The molecule has 4 nitrogen and oxygen atoms in total. The van der Waals surface area contributed by atoms with Crippen molar-refractivity contribution in [3.05, 3.63) is 89.0 Å². The van der Waals surface area contributed by atoms with Crippen molar-refractivity contribution >= 4 is 44.2 Å². The Morgan fingerprint density at radius 3 is 2.81 bits per heavy atom. The van der Waals surface area contributed by atoms with Gasteiger partial charge in [-0.1, -0.05) is 35.1 Å². The van der Waals surface area contributed by atoms with Gasteiger partial charge in [0.15, 0.2) is 5.13 Å². The van der Waals surface area contributed by atoms with Gasteiger partial charge in [0.05, 0.1) is 16.8 Å². The third-order valence-electron chi connectivity index (χ3n) is 3.95. The zero-order chi connectivity index (χ0) is 18.8. The summed E-state index contributed by atoms with van der Waals surface area (Å²) in [5.41, 5.74) is 1.86. The van der Waals surface area contributed by atoms with Crippen LogP contribution in [0.5, 0.6) is 0 Å². The lowest BCUT2D eigenvalue weighted by molar-refractivity contribution is 0.0984. The van der Waals surface area contributed by atoms with Crippen molar-refractivity contribution in [3.63, 3.8) is 0 Å². The third-order valence-corrected chi connectivity index (χ3v) is 5.23. The molecule has 0 aliphatic heterocycles. The molecule has 0 bridgehead atoms. The quantitative estimate of drug-likeness (QED) is 0.467. The zero-order valence-corrected chi connectivity index (χ0v) is 15.5. The van der Waals surface area contributed by atoms with Crippen LogP contribution in [-0.4, -0.2) is 15.9 Å². The molecule has 0 saturated heterocycles. The van der Waals surface area contributed by atoms with Gasteiger partial charge in [0.25, 0.3) is 5.91 Å². The number of fused-ring (bicyclic) bond motifs is 1. The number of hydrogen-bond acceptors (Lipinski definition) is 4. The van der Waals surface area contributed by atoms with Crippen LogP contribution in [0.1, 0.15) is 15.9 Å². The molecule has 0 fully saturated rings. The molecule has 0 spiro atoms. The van der Waals surface area contributed by atoms with E-state index in [1.165, 1.54) is 34.4 Å². The van der Waals surface area contributed by atoms with E-state index in [2.05, 4.69) is 9.97 Å². The largest absolute Gasteiger partial charge is 0.279 e. The molecule has 2 heterocycles. The van der Waals surface area contributed by atoms with E-state index in [1.807, 2.05) is 18.2 Å². The van der Waals surface area contributed by atoms with E-state index in [0.29, 0.717) is 10.2 Å². The number of rotatable bonds is 4. The van der Waals surface area contributed by atoms with Crippen molar-refractivity contribution in [2.75, 3.05) is 4.90 Å². The van der Waals surface area contributed by atoms with E-state index < -0.39 is 5.82 Å². The number of amides is 1. The number of aromatic nitrogens is 2. The predicted octanol–water partition coefficient (Wildman–Crippen LogP) is 5.33. The number of carbonyl (C=O) groups excluding carboxylic acids is 1. The van der Waals surface area contributed by atoms with Crippen molar-refractivity contribution in [2.45, 2.75) is 6.54 Å². The summed E-state index contributed by atoms with van der Waals surface area (Å²) < 4.78 is 14.5. The first-order chi connectivity index (χ1) is 13.1. The monoisotopic (exact) mass is 397 g/mol. The molecule has 4 aromatic rings. The first kappa shape index (κ1) is 17.6. The van der Waals surface area contributed by atoms with E-state index in [0.717, 1.165) is 15.8 Å². The molecule has 27 heavy (non-hydrogen) atoms. The number of halogens is 2. The predicted molar refractivity (Wildman–Crippen MR) is 106 cm³/mol. The van der Waals surface area contributed by atoms with Gasteiger partial charge in [-0.25, -0.2) is 9.37 Å². The van der Waals surface area contributed by atoms with E-state index in [1.54, 1.807) is 30.6 Å². The molecular formula is C20H13ClFN3OS. The Hall–Kier alpha value is -2.83. The first-order valence-corrected chi connectivity index (χ1v) is 9.32. The number of hydrogen-bond donors (Lipinski definition) is 0. The van der Waals surface area contributed by atoms with Crippen LogP contribution in [0.15, 0.2) is 67.0 Å². The maximum absolute atomic E-state index is 13.6. The molecule has 134 valence electrons. The van der Waals surface area contributed by atoms with E-state index in [9.17, 15) is 9.18 Å². The molecule has 0 radical (unpaired) electrons. The number of benzene rings is 2. The Balaban J connectivity index is 1.77. The molecule has 1 amide bonds. The van der Waals surface area contributed by atoms with E-state index >= 15 is 0 Å². The van der Waals surface area contributed by atoms with E-state index in [-0.39, 0.29) is 18.0 Å². The topological polar surface area (TPSA) is 46.1 Å². The van der Waals surface area contributed by atoms with Gasteiger partial charge in [0, 0.05) is 23.0 Å². The van der Waals surface area contributed by atoms with Crippen LogP contribution in [0.25, 0.3) is 10.2 Å². The van der Waals surface area contributed by atoms with Crippen LogP contribution in [-0.2, 0) is 6.54 Å². The fourth-order valence-corrected chi connectivity index (χ4v) is 3.92. The molecular weight excluding hydrogens is 385 g/mol. The van der Waals surface area contributed by atoms with Crippen molar-refractivity contribution in [1.29, 1.82) is 0 Å². The van der Waals surface area contributed by atoms with Crippen molar-refractivity contribution in [3.8, 4) is 0 Å². The summed E-state index contributed by atoms with van der Waals surface area (Å²) in [4.78, 5) is 23.3. The molecule has 7 heteroatoms. The normalized spacial score (nSPS) is 10.9. The number of thiazole rings is 1. The Morgan fingerprint density at radius 1 is 1.15 bits per heavy atom. The van der Waals surface area contributed by atoms with Crippen molar-refractivity contribution in [1.82, 2.24) is 9.97 Å². The minimum absolute atomic E-state index is 0.260. The summed E-state index contributed by atoms with van der Waals surface area (Å²) in [6, 6.07) is 14.7. The van der Waals surface area contributed by atoms with Crippen molar-refractivity contribution in [2.24, 2.45) is 0 Å². The lowest BCUT2D eigenvalue weighted by atomic mass is 10.2. The second kappa shape index (κ2) is 7.42. The lowest BCUT2D eigenvalue weighted by Crippen LogP contribution is -2.30. The highest BCUT2D eigenvalue weighted by molar-refractivity contribution is 7.22. The highest BCUT2D eigenvalue weighted by Gasteiger charge is 2.22. The number of anilines is 1. The van der Waals surface area contributed by atoms with E-state index in [4.69, 9.17) is 11.6 Å². The number of nitrogens with zero attached hydrogens (tertiary/aromatic N) is 3. The minimum atomic E-state index is -0.460. The highest BCUT2D eigenvalue weighted by Crippen LogP contribution is 2.32. The summed E-state index contributed by atoms with van der Waals surface area (Å²) in [5, 5.41) is 1.12. The second-order valence-electron chi connectivity index (χ2n) is 5.87. The van der Waals surface area contributed by atoms with Crippen LogP contribution in [0.2, 0.25) is 5.02 Å². The summed E-state index contributed by atoms with van der Waals surface area (Å²) in [7, 11) is 0. The molecule has 0 aliphatic rings. The van der Waals surface area contributed by atoms with Crippen molar-refractivity contribution < 1.29 is 9.18 Å². The van der Waals surface area contributed by atoms with Crippen LogP contribution in [0.4, 0.5) is 9.52 Å². The Bertz CT molecular complexity index is 1120. The maximum atomic E-state index is 13.6. The summed E-state index contributed by atoms with van der Waals surface area (Å²) in [6.07, 6.45) is 3.36. The molecule has 0 atom stereocenters. The molecule has 4 rings (SSSR count). The van der Waals surface area contributed by atoms with Gasteiger partial charge in [0.1, 0.15) is 5.82 Å². The molecule has 0 unspecified atom stereocenters. The second-order valence-corrected chi connectivity index (χ2v) is 7.32. The van der Waals surface area contributed by atoms with Crippen LogP contribution < -0.4 is 4.90 Å². The SMILES string of the molecule is O=C(c1cccc(F)c1)N(Cc1cccnc1)c1nc2ccc(Cl)cc2s1. The first-order valence-electron chi connectivity index (χ1n) is 8.12. The van der Waals surface area contributed by atoms with Crippen LogP contribution in [0, 0.1) is 5.82 Å². The van der Waals surface area contributed by atoms with Gasteiger partial charge in [0.2, 0.25) is 0 Å². The maximum Gasteiger partial charge on any atom is 0.260 e.